The highest BCUT2D eigenvalue weighted by Gasteiger charge is 2.31. The molecule has 0 unspecified atom stereocenters. The second-order valence-corrected chi connectivity index (χ2v) is 11.1. The standard InChI is InChI=1S/C19H24N4O3S3/c1-3-11-27-19-22-21-18(28-19)20-17(24)16-7-9-23(10-8-16)29(25,26)13-15-6-4-5-14(2)12-15/h3-6,12,16H,1,7-11,13H2,2H3,(H,20,21,24). The highest BCUT2D eigenvalue weighted by atomic mass is 32.2. The van der Waals surface area contributed by atoms with Crippen LogP contribution in [0.2, 0.25) is 0 Å². The molecule has 1 aromatic carbocycles. The van der Waals surface area contributed by atoms with E-state index in [0.717, 1.165) is 21.2 Å². The molecule has 1 amide bonds. The number of amides is 1. The first-order valence-corrected chi connectivity index (χ1v) is 12.7. The summed E-state index contributed by atoms with van der Waals surface area (Å²) < 4.78 is 27.7. The fraction of sp³-hybridized carbons (Fsp3) is 0.421. The van der Waals surface area contributed by atoms with Crippen LogP contribution in [0.1, 0.15) is 24.0 Å². The lowest BCUT2D eigenvalue weighted by Crippen LogP contribution is -2.41. The summed E-state index contributed by atoms with van der Waals surface area (Å²) in [5.74, 6) is 0.366. The third kappa shape index (κ3) is 6.11. The van der Waals surface area contributed by atoms with Crippen molar-refractivity contribution in [3.05, 3.63) is 48.0 Å². The fourth-order valence-electron chi connectivity index (χ4n) is 3.16. The van der Waals surface area contributed by atoms with E-state index in [2.05, 4.69) is 22.1 Å². The van der Waals surface area contributed by atoms with Gasteiger partial charge in [-0.1, -0.05) is 59.0 Å². The molecule has 0 atom stereocenters. The van der Waals surface area contributed by atoms with Crippen LogP contribution in [0.25, 0.3) is 0 Å². The number of anilines is 1. The lowest BCUT2D eigenvalue weighted by Gasteiger charge is -2.30. The number of carbonyl (C=O) groups excluding carboxylic acids is 1. The summed E-state index contributed by atoms with van der Waals surface area (Å²) in [6, 6.07) is 7.53. The first-order valence-electron chi connectivity index (χ1n) is 9.29. The van der Waals surface area contributed by atoms with Gasteiger partial charge in [0.25, 0.3) is 0 Å². The Balaban J connectivity index is 1.52. The van der Waals surface area contributed by atoms with Crippen molar-refractivity contribution in [2.75, 3.05) is 24.2 Å². The maximum absolute atomic E-state index is 12.7. The normalized spacial score (nSPS) is 15.9. The molecule has 156 valence electrons. The van der Waals surface area contributed by atoms with Crippen molar-refractivity contribution in [2.24, 2.45) is 5.92 Å². The highest BCUT2D eigenvalue weighted by Crippen LogP contribution is 2.27. The van der Waals surface area contributed by atoms with Crippen molar-refractivity contribution >= 4 is 44.2 Å². The molecule has 10 heteroatoms. The SMILES string of the molecule is C=CCSc1nnc(NC(=O)C2CCN(S(=O)(=O)Cc3cccc(C)c3)CC2)s1. The van der Waals surface area contributed by atoms with E-state index in [1.54, 1.807) is 6.08 Å². The van der Waals surface area contributed by atoms with Gasteiger partial charge in [0.15, 0.2) is 4.34 Å². The van der Waals surface area contributed by atoms with Gasteiger partial charge in [0, 0.05) is 24.8 Å². The van der Waals surface area contributed by atoms with E-state index < -0.39 is 10.0 Å². The number of aromatic nitrogens is 2. The molecular weight excluding hydrogens is 428 g/mol. The lowest BCUT2D eigenvalue weighted by molar-refractivity contribution is -0.120. The van der Waals surface area contributed by atoms with Crippen LogP contribution in [0.3, 0.4) is 0 Å². The summed E-state index contributed by atoms with van der Waals surface area (Å²) >= 11 is 2.84. The predicted octanol–water partition coefficient (Wildman–Crippen LogP) is 3.31. The summed E-state index contributed by atoms with van der Waals surface area (Å²) in [5.41, 5.74) is 1.82. The van der Waals surface area contributed by atoms with Crippen molar-refractivity contribution in [1.82, 2.24) is 14.5 Å². The minimum absolute atomic E-state index is 0.0124. The Labute approximate surface area is 179 Å². The lowest BCUT2D eigenvalue weighted by atomic mass is 9.97. The van der Waals surface area contributed by atoms with Gasteiger partial charge >= 0.3 is 0 Å². The average Bonchev–Trinajstić information content (AvgIpc) is 3.13. The number of sulfonamides is 1. The molecular formula is C19H24N4O3S3. The first kappa shape index (κ1) is 21.9. The summed E-state index contributed by atoms with van der Waals surface area (Å²) in [7, 11) is -3.40. The van der Waals surface area contributed by atoms with Crippen molar-refractivity contribution in [1.29, 1.82) is 0 Å². The van der Waals surface area contributed by atoms with Crippen LogP contribution in [0.4, 0.5) is 5.13 Å². The molecule has 1 N–H and O–H groups in total. The number of carbonyl (C=O) groups is 1. The summed E-state index contributed by atoms with van der Waals surface area (Å²) in [6.07, 6.45) is 2.77. The van der Waals surface area contributed by atoms with Crippen molar-refractivity contribution in [2.45, 2.75) is 29.9 Å². The largest absolute Gasteiger partial charge is 0.300 e. The Kier molecular flexibility index (Phi) is 7.44. The van der Waals surface area contributed by atoms with E-state index >= 15 is 0 Å². The summed E-state index contributed by atoms with van der Waals surface area (Å²) in [6.45, 7) is 6.31. The van der Waals surface area contributed by atoms with Crippen LogP contribution in [-0.4, -0.2) is 47.7 Å². The molecule has 1 aliphatic rings. The maximum atomic E-state index is 12.7. The fourth-order valence-corrected chi connectivity index (χ4v) is 6.22. The van der Waals surface area contributed by atoms with Gasteiger partial charge in [0.05, 0.1) is 5.75 Å². The van der Waals surface area contributed by atoms with E-state index in [1.807, 2.05) is 31.2 Å². The van der Waals surface area contributed by atoms with Gasteiger partial charge in [0.1, 0.15) is 0 Å². The topological polar surface area (TPSA) is 92.3 Å². The smallest absolute Gasteiger partial charge is 0.229 e. The molecule has 2 heterocycles. The molecule has 0 bridgehead atoms. The van der Waals surface area contributed by atoms with E-state index in [4.69, 9.17) is 0 Å². The second kappa shape index (κ2) is 9.84. The van der Waals surface area contributed by atoms with Crippen molar-refractivity contribution in [3.63, 3.8) is 0 Å². The number of piperidine rings is 1. The van der Waals surface area contributed by atoms with Crippen molar-refractivity contribution < 1.29 is 13.2 Å². The molecule has 1 aliphatic heterocycles. The molecule has 0 spiro atoms. The van der Waals surface area contributed by atoms with Gasteiger partial charge in [-0.3, -0.25) is 4.79 Å². The molecule has 2 aromatic rings. The third-order valence-corrected chi connectivity index (χ3v) is 8.43. The van der Waals surface area contributed by atoms with Crippen LogP contribution in [0, 0.1) is 12.8 Å². The van der Waals surface area contributed by atoms with Gasteiger partial charge < -0.3 is 5.32 Å². The van der Waals surface area contributed by atoms with Gasteiger partial charge in [-0.25, -0.2) is 12.7 Å². The minimum Gasteiger partial charge on any atom is -0.300 e. The van der Waals surface area contributed by atoms with Crippen LogP contribution in [0.15, 0.2) is 41.3 Å². The number of rotatable bonds is 8. The zero-order chi connectivity index (χ0) is 20.9. The van der Waals surface area contributed by atoms with Crippen LogP contribution < -0.4 is 5.32 Å². The van der Waals surface area contributed by atoms with E-state index in [0.29, 0.717) is 31.1 Å². The monoisotopic (exact) mass is 452 g/mol. The molecule has 1 saturated heterocycles. The number of hydrogen-bond acceptors (Lipinski definition) is 7. The number of aryl methyl sites for hydroxylation is 1. The van der Waals surface area contributed by atoms with E-state index in [9.17, 15) is 13.2 Å². The zero-order valence-electron chi connectivity index (χ0n) is 16.2. The Hall–Kier alpha value is -1.75. The van der Waals surface area contributed by atoms with Crippen LogP contribution in [0.5, 0.6) is 0 Å². The van der Waals surface area contributed by atoms with E-state index in [1.165, 1.54) is 27.4 Å². The van der Waals surface area contributed by atoms with Gasteiger partial charge in [-0.15, -0.1) is 16.8 Å². The molecule has 3 rings (SSSR count). The third-order valence-electron chi connectivity index (χ3n) is 4.61. The van der Waals surface area contributed by atoms with Crippen LogP contribution >= 0.6 is 23.1 Å². The Bertz CT molecular complexity index is 967. The van der Waals surface area contributed by atoms with Gasteiger partial charge in [0.2, 0.25) is 21.1 Å². The molecule has 1 fully saturated rings. The number of hydrogen-bond donors (Lipinski definition) is 1. The Morgan fingerprint density at radius 3 is 2.83 bits per heavy atom. The zero-order valence-corrected chi connectivity index (χ0v) is 18.7. The number of nitrogens with zero attached hydrogens (tertiary/aromatic N) is 3. The van der Waals surface area contributed by atoms with E-state index in [-0.39, 0.29) is 17.6 Å². The maximum Gasteiger partial charge on any atom is 0.229 e. The predicted molar refractivity (Wildman–Crippen MR) is 118 cm³/mol. The molecule has 7 nitrogen and oxygen atoms in total. The highest BCUT2D eigenvalue weighted by molar-refractivity contribution is 8.01. The van der Waals surface area contributed by atoms with Crippen molar-refractivity contribution in [3.8, 4) is 0 Å². The molecule has 0 saturated carbocycles. The average molecular weight is 453 g/mol. The summed E-state index contributed by atoms with van der Waals surface area (Å²) in [5, 5.41) is 11.3. The Morgan fingerprint density at radius 1 is 1.38 bits per heavy atom. The molecule has 0 aliphatic carbocycles. The minimum atomic E-state index is -3.40. The number of thioether (sulfide) groups is 1. The molecule has 1 aromatic heterocycles. The summed E-state index contributed by atoms with van der Waals surface area (Å²) in [4.78, 5) is 12.5. The van der Waals surface area contributed by atoms with Gasteiger partial charge in [-0.2, -0.15) is 0 Å². The molecule has 0 radical (unpaired) electrons. The number of benzene rings is 1. The van der Waals surface area contributed by atoms with Gasteiger partial charge in [-0.05, 0) is 25.3 Å². The Morgan fingerprint density at radius 2 is 2.14 bits per heavy atom. The van der Waals surface area contributed by atoms with Crippen LogP contribution in [-0.2, 0) is 20.6 Å². The second-order valence-electron chi connectivity index (χ2n) is 6.88. The number of nitrogens with one attached hydrogen (secondary N) is 1. The quantitative estimate of drug-likeness (QED) is 0.375. The molecule has 29 heavy (non-hydrogen) atoms. The first-order chi connectivity index (χ1) is 13.9.